The van der Waals surface area contributed by atoms with Gasteiger partial charge in [-0.2, -0.15) is 0 Å². The lowest BCUT2D eigenvalue weighted by Gasteiger charge is -2.17. The Morgan fingerprint density at radius 1 is 0.932 bits per heavy atom. The zero-order chi connectivity index (χ0) is 31.5. The van der Waals surface area contributed by atoms with E-state index >= 15 is 0 Å². The molecule has 14 nitrogen and oxygen atoms in total. The third-order valence-corrected chi connectivity index (χ3v) is 6.42. The molecule has 2 aromatic rings. The third-order valence-electron chi connectivity index (χ3n) is 6.42. The van der Waals surface area contributed by atoms with Crippen LogP contribution in [0.25, 0.3) is 43.9 Å². The van der Waals surface area contributed by atoms with Gasteiger partial charge >= 0.3 is 5.97 Å². The quantitative estimate of drug-likeness (QED) is 0.0513. The topological polar surface area (TPSA) is 213 Å². The Morgan fingerprint density at radius 2 is 1.73 bits per heavy atom. The number of carboxylic acids is 1. The Bertz CT molecular complexity index is 1750. The van der Waals surface area contributed by atoms with Crippen molar-refractivity contribution in [1.82, 2.24) is 10.6 Å². The van der Waals surface area contributed by atoms with E-state index in [0.29, 0.717) is 41.6 Å². The first-order chi connectivity index (χ1) is 21.3. The van der Waals surface area contributed by atoms with Gasteiger partial charge in [0.15, 0.2) is 5.43 Å². The molecule has 1 heterocycles. The molecule has 4 N–H and O–H groups in total. The summed E-state index contributed by atoms with van der Waals surface area (Å²) in [4.78, 5) is 51.4. The van der Waals surface area contributed by atoms with Gasteiger partial charge in [0.05, 0.1) is 25.4 Å². The number of hydrogen-bond acceptors (Lipinski definition) is 9. The van der Waals surface area contributed by atoms with Crippen LogP contribution in [-0.2, 0) is 14.3 Å². The van der Waals surface area contributed by atoms with E-state index in [0.717, 1.165) is 0 Å². The van der Waals surface area contributed by atoms with Gasteiger partial charge in [-0.25, -0.2) is 4.79 Å². The van der Waals surface area contributed by atoms with E-state index in [-0.39, 0.29) is 72.5 Å². The van der Waals surface area contributed by atoms with Crippen LogP contribution in [0.4, 0.5) is 0 Å². The maximum absolute atomic E-state index is 12.8. The monoisotopic (exact) mass is 603 g/mol. The number of rotatable bonds is 15. The fourth-order valence-corrected chi connectivity index (χ4v) is 4.43. The standard InChI is InChI=1S/C30H29N5O9/c31-35-34-9-1-8-32-27(38)17-43-13-12-42-11-10-33-29(39)18-2-5-21(24(14-18)30(40)41)28-22-6-3-19(36)15-25(22)44-26-16-20(37)4-7-23(26)28/h2-7,14-16,36H,1,8-13,17H2,(H,32,38)(H,33,39)(H,40,41). The molecule has 1 aliphatic carbocycles. The van der Waals surface area contributed by atoms with Gasteiger partial charge in [-0.3, -0.25) is 14.4 Å². The molecule has 0 aromatic heterocycles. The molecule has 0 bridgehead atoms. The molecule has 2 amide bonds. The minimum absolute atomic E-state index is 0.0640. The second-order valence-corrected chi connectivity index (χ2v) is 9.46. The first-order valence-corrected chi connectivity index (χ1v) is 13.6. The third kappa shape index (κ3) is 8.10. The van der Waals surface area contributed by atoms with Crippen molar-refractivity contribution in [3.63, 3.8) is 0 Å². The zero-order valence-corrected chi connectivity index (χ0v) is 23.4. The molecule has 0 atom stereocenters. The fraction of sp³-hybridized carbons (Fsp3) is 0.267. The zero-order valence-electron chi connectivity index (χ0n) is 23.4. The van der Waals surface area contributed by atoms with Crippen LogP contribution in [0.2, 0.25) is 0 Å². The fourth-order valence-electron chi connectivity index (χ4n) is 4.43. The highest BCUT2D eigenvalue weighted by molar-refractivity contribution is 6.09. The molecule has 0 unspecified atom stereocenters. The van der Waals surface area contributed by atoms with Crippen molar-refractivity contribution in [2.24, 2.45) is 5.11 Å². The number of nitrogens with zero attached hydrogens (tertiary/aromatic N) is 3. The van der Waals surface area contributed by atoms with Crippen LogP contribution in [0.3, 0.4) is 0 Å². The Morgan fingerprint density at radius 3 is 2.52 bits per heavy atom. The molecule has 0 saturated heterocycles. The Kier molecular flexibility index (Phi) is 10.9. The number of carboxylic acid groups (broad SMARTS) is 1. The molecule has 0 fully saturated rings. The number of carbonyl (C=O) groups excluding carboxylic acids is 2. The average molecular weight is 604 g/mol. The summed E-state index contributed by atoms with van der Waals surface area (Å²) in [5, 5.41) is 29.2. The number of azide groups is 1. The molecule has 0 saturated carbocycles. The van der Waals surface area contributed by atoms with Crippen molar-refractivity contribution in [2.45, 2.75) is 6.42 Å². The second kappa shape index (κ2) is 15.2. The van der Waals surface area contributed by atoms with Crippen LogP contribution in [0, 0.1) is 0 Å². The van der Waals surface area contributed by atoms with Gasteiger partial charge in [0, 0.05) is 58.8 Å². The van der Waals surface area contributed by atoms with Gasteiger partial charge in [-0.15, -0.1) is 0 Å². The van der Waals surface area contributed by atoms with E-state index in [2.05, 4.69) is 20.7 Å². The lowest BCUT2D eigenvalue weighted by molar-refractivity contribution is -0.126. The number of ether oxygens (including phenoxy) is 2. The molecular weight excluding hydrogens is 574 g/mol. The maximum Gasteiger partial charge on any atom is 0.336 e. The number of phenols is 1. The van der Waals surface area contributed by atoms with Crippen molar-refractivity contribution < 1.29 is 38.5 Å². The highest BCUT2D eigenvalue weighted by Gasteiger charge is 2.23. The van der Waals surface area contributed by atoms with Crippen LogP contribution in [0.5, 0.6) is 5.75 Å². The molecule has 14 heteroatoms. The number of amides is 2. The summed E-state index contributed by atoms with van der Waals surface area (Å²) in [6.45, 7) is 1.18. The lowest BCUT2D eigenvalue weighted by Crippen LogP contribution is -2.30. The van der Waals surface area contributed by atoms with Gasteiger partial charge in [-0.05, 0) is 53.9 Å². The first-order valence-electron chi connectivity index (χ1n) is 13.6. The molecule has 228 valence electrons. The van der Waals surface area contributed by atoms with Crippen molar-refractivity contribution in [3.8, 4) is 28.2 Å². The van der Waals surface area contributed by atoms with E-state index in [9.17, 15) is 29.4 Å². The molecule has 4 rings (SSSR count). The van der Waals surface area contributed by atoms with Crippen molar-refractivity contribution in [1.29, 1.82) is 0 Å². The van der Waals surface area contributed by atoms with Crippen molar-refractivity contribution in [3.05, 3.63) is 86.4 Å². The van der Waals surface area contributed by atoms with Gasteiger partial charge in [0.1, 0.15) is 23.7 Å². The van der Waals surface area contributed by atoms with E-state index in [1.165, 1.54) is 42.5 Å². The van der Waals surface area contributed by atoms with E-state index in [1.807, 2.05) is 0 Å². The Labute approximate surface area is 250 Å². The normalized spacial score (nSPS) is 10.8. The maximum atomic E-state index is 12.8. The van der Waals surface area contributed by atoms with E-state index in [1.54, 1.807) is 12.1 Å². The summed E-state index contributed by atoms with van der Waals surface area (Å²) < 4.78 is 16.5. The minimum Gasteiger partial charge on any atom is -0.508 e. The predicted octanol–water partition coefficient (Wildman–Crippen LogP) is 3.55. The number of nitrogens with one attached hydrogen (secondary N) is 2. The van der Waals surface area contributed by atoms with Crippen molar-refractivity contribution in [2.75, 3.05) is 46.1 Å². The van der Waals surface area contributed by atoms with Gasteiger partial charge in [0.25, 0.3) is 5.91 Å². The summed E-state index contributed by atoms with van der Waals surface area (Å²) in [5.41, 5.74) is 9.40. The largest absolute Gasteiger partial charge is 0.508 e. The summed E-state index contributed by atoms with van der Waals surface area (Å²) in [6, 6.07) is 12.9. The predicted molar refractivity (Wildman–Crippen MR) is 159 cm³/mol. The van der Waals surface area contributed by atoms with Crippen LogP contribution in [-0.4, -0.2) is 74.1 Å². The van der Waals surface area contributed by atoms with Crippen molar-refractivity contribution >= 4 is 28.8 Å². The summed E-state index contributed by atoms with van der Waals surface area (Å²) in [7, 11) is 0. The highest BCUT2D eigenvalue weighted by atomic mass is 16.5. The molecule has 0 radical (unpaired) electrons. The highest BCUT2D eigenvalue weighted by Crippen LogP contribution is 2.42. The van der Waals surface area contributed by atoms with Crippen LogP contribution >= 0.6 is 0 Å². The molecule has 2 aromatic carbocycles. The van der Waals surface area contributed by atoms with Gasteiger partial charge in [0.2, 0.25) is 5.91 Å². The number of hydrogen-bond donors (Lipinski definition) is 4. The number of phenolic OH excluding ortho intramolecular Hbond substituents is 1. The smallest absolute Gasteiger partial charge is 0.336 e. The number of aromatic carboxylic acids is 1. The lowest BCUT2D eigenvalue weighted by atomic mass is 9.90. The van der Waals surface area contributed by atoms with Gasteiger partial charge < -0.3 is 34.7 Å². The first kappa shape index (κ1) is 31.5. The Balaban J connectivity index is 1.36. The van der Waals surface area contributed by atoms with Crippen LogP contribution in [0.1, 0.15) is 27.1 Å². The molecular formula is C30H29N5O9. The second-order valence-electron chi connectivity index (χ2n) is 9.46. The molecule has 2 aliphatic rings. The minimum atomic E-state index is -1.26. The summed E-state index contributed by atoms with van der Waals surface area (Å²) in [6.07, 6.45) is 0.528. The molecule has 1 aliphatic heterocycles. The number of aromatic hydroxyl groups is 1. The summed E-state index contributed by atoms with van der Waals surface area (Å²) >= 11 is 0. The van der Waals surface area contributed by atoms with E-state index in [4.69, 9.17) is 19.4 Å². The number of benzene rings is 3. The van der Waals surface area contributed by atoms with Gasteiger partial charge in [-0.1, -0.05) is 11.2 Å². The van der Waals surface area contributed by atoms with Crippen LogP contribution in [0.15, 0.2) is 68.9 Å². The average Bonchev–Trinajstić information content (AvgIpc) is 3.00. The molecule has 44 heavy (non-hydrogen) atoms. The van der Waals surface area contributed by atoms with Crippen LogP contribution < -0.4 is 16.1 Å². The molecule has 0 spiro atoms. The summed E-state index contributed by atoms with van der Waals surface area (Å²) in [5.74, 6) is -1.91. The number of fused-ring (bicyclic) bond motifs is 2. The number of carbonyl (C=O) groups is 3. The SMILES string of the molecule is [N-]=[N+]=NCCCNC(=O)COCCOCCNC(=O)c1ccc(-c2c3ccc(=O)cc-3oc3cc(O)ccc23)c(C(=O)O)c1. The Hall–Kier alpha value is -5.43. The van der Waals surface area contributed by atoms with E-state index < -0.39 is 11.9 Å².